The van der Waals surface area contributed by atoms with Crippen molar-refractivity contribution < 1.29 is 9.47 Å². The zero-order chi connectivity index (χ0) is 14.1. The highest BCUT2D eigenvalue weighted by Crippen LogP contribution is 2.43. The van der Waals surface area contributed by atoms with E-state index in [2.05, 4.69) is 35.2 Å². The highest BCUT2D eigenvalue weighted by Gasteiger charge is 2.52. The van der Waals surface area contributed by atoms with Crippen LogP contribution in [0.2, 0.25) is 0 Å². The van der Waals surface area contributed by atoms with Crippen LogP contribution in [0.5, 0.6) is 0 Å². The van der Waals surface area contributed by atoms with Gasteiger partial charge in [-0.1, -0.05) is 49.6 Å². The molecule has 1 aromatic carbocycles. The van der Waals surface area contributed by atoms with Crippen LogP contribution in [0.4, 0.5) is 0 Å². The molecule has 2 bridgehead atoms. The van der Waals surface area contributed by atoms with Gasteiger partial charge in [-0.05, 0) is 18.4 Å². The van der Waals surface area contributed by atoms with E-state index in [4.69, 9.17) is 9.47 Å². The first-order valence-electron chi connectivity index (χ1n) is 8.42. The molecule has 114 valence electrons. The van der Waals surface area contributed by atoms with E-state index >= 15 is 0 Å². The third-order valence-electron chi connectivity index (χ3n) is 5.26. The van der Waals surface area contributed by atoms with E-state index in [-0.39, 0.29) is 11.9 Å². The third-order valence-corrected chi connectivity index (χ3v) is 5.26. The van der Waals surface area contributed by atoms with E-state index in [1.807, 2.05) is 0 Å². The molecule has 2 aliphatic heterocycles. The smallest absolute Gasteiger partial charge is 0.184 e. The molecule has 3 heteroatoms. The van der Waals surface area contributed by atoms with Gasteiger partial charge in [-0.25, -0.2) is 0 Å². The van der Waals surface area contributed by atoms with Gasteiger partial charge in [0.2, 0.25) is 0 Å². The summed E-state index contributed by atoms with van der Waals surface area (Å²) < 4.78 is 12.5. The van der Waals surface area contributed by atoms with E-state index in [0.717, 1.165) is 26.2 Å². The molecule has 1 aliphatic carbocycles. The zero-order valence-corrected chi connectivity index (χ0v) is 12.7. The molecule has 2 unspecified atom stereocenters. The van der Waals surface area contributed by atoms with Crippen LogP contribution in [-0.2, 0) is 16.0 Å². The topological polar surface area (TPSA) is 21.7 Å². The van der Waals surface area contributed by atoms with Crippen molar-refractivity contribution in [2.45, 2.75) is 50.5 Å². The van der Waals surface area contributed by atoms with Crippen LogP contribution in [0.15, 0.2) is 30.3 Å². The monoisotopic (exact) mass is 287 g/mol. The second-order valence-corrected chi connectivity index (χ2v) is 6.85. The van der Waals surface area contributed by atoms with E-state index < -0.39 is 0 Å². The lowest BCUT2D eigenvalue weighted by atomic mass is 9.82. The second kappa shape index (κ2) is 5.71. The Morgan fingerprint density at radius 2 is 1.90 bits per heavy atom. The molecule has 1 saturated carbocycles. The van der Waals surface area contributed by atoms with Crippen molar-refractivity contribution in [3.63, 3.8) is 0 Å². The van der Waals surface area contributed by atoms with Crippen LogP contribution in [0, 0.1) is 5.92 Å². The summed E-state index contributed by atoms with van der Waals surface area (Å²) >= 11 is 0. The number of hydrogen-bond donors (Lipinski definition) is 0. The predicted octanol–water partition coefficient (Wildman–Crippen LogP) is 3.19. The number of hydrogen-bond acceptors (Lipinski definition) is 3. The fourth-order valence-electron chi connectivity index (χ4n) is 4.27. The van der Waals surface area contributed by atoms with Crippen molar-refractivity contribution in [2.24, 2.45) is 5.92 Å². The van der Waals surface area contributed by atoms with Gasteiger partial charge in [-0.3, -0.25) is 4.90 Å². The Morgan fingerprint density at radius 1 is 1.10 bits per heavy atom. The normalized spacial score (nSPS) is 34.2. The van der Waals surface area contributed by atoms with E-state index in [1.54, 1.807) is 0 Å². The Labute approximate surface area is 127 Å². The summed E-state index contributed by atoms with van der Waals surface area (Å²) in [5.41, 5.74) is 1.39. The van der Waals surface area contributed by atoms with Gasteiger partial charge in [0.15, 0.2) is 5.79 Å². The summed E-state index contributed by atoms with van der Waals surface area (Å²) in [4.78, 5) is 2.53. The summed E-state index contributed by atoms with van der Waals surface area (Å²) in [6.45, 7) is 3.73. The first kappa shape index (κ1) is 13.7. The molecule has 3 aliphatic rings. The summed E-state index contributed by atoms with van der Waals surface area (Å²) in [6.07, 6.45) is 6.86. The summed E-state index contributed by atoms with van der Waals surface area (Å²) in [7, 11) is 0. The van der Waals surface area contributed by atoms with Crippen molar-refractivity contribution in [3.8, 4) is 0 Å². The molecule has 4 rings (SSSR count). The van der Waals surface area contributed by atoms with Gasteiger partial charge < -0.3 is 9.47 Å². The van der Waals surface area contributed by atoms with E-state index in [9.17, 15) is 0 Å². The Bertz CT molecular complexity index is 471. The van der Waals surface area contributed by atoms with E-state index in [1.165, 1.54) is 37.7 Å². The number of morpholine rings is 1. The van der Waals surface area contributed by atoms with Gasteiger partial charge >= 0.3 is 0 Å². The van der Waals surface area contributed by atoms with Crippen LogP contribution in [0.25, 0.3) is 0 Å². The molecule has 0 amide bonds. The third kappa shape index (κ3) is 2.75. The molecule has 0 aromatic heterocycles. The molecule has 3 nitrogen and oxygen atoms in total. The minimum atomic E-state index is -0.307. The van der Waals surface area contributed by atoms with Crippen molar-refractivity contribution in [3.05, 3.63) is 35.9 Å². The largest absolute Gasteiger partial charge is 0.346 e. The lowest BCUT2D eigenvalue weighted by Gasteiger charge is -2.44. The molecule has 3 fully saturated rings. The Morgan fingerprint density at radius 3 is 2.71 bits per heavy atom. The average Bonchev–Trinajstić information content (AvgIpc) is 2.85. The highest BCUT2D eigenvalue weighted by atomic mass is 16.7. The Balaban J connectivity index is 1.48. The first-order valence-corrected chi connectivity index (χ1v) is 8.42. The van der Waals surface area contributed by atoms with E-state index in [0.29, 0.717) is 5.92 Å². The molecule has 0 radical (unpaired) electrons. The van der Waals surface area contributed by atoms with Crippen LogP contribution in [-0.4, -0.2) is 36.5 Å². The minimum Gasteiger partial charge on any atom is -0.346 e. The molecular formula is C18H25NO2. The molecular weight excluding hydrogens is 262 g/mol. The average molecular weight is 287 g/mol. The standard InChI is InChI=1S/C18H25NO2/c1-3-7-15(8-4-1)11-19-12-17-13-20-18(14-19,21-17)16-9-5-2-6-10-16/h1,3-4,7-8,16-17H,2,5-6,9-14H2. The Hall–Kier alpha value is -0.900. The van der Waals surface area contributed by atoms with Gasteiger partial charge in [-0.2, -0.15) is 0 Å². The van der Waals surface area contributed by atoms with Crippen molar-refractivity contribution in [1.82, 2.24) is 4.90 Å². The maximum absolute atomic E-state index is 6.33. The summed E-state index contributed by atoms with van der Waals surface area (Å²) in [5, 5.41) is 0. The number of nitrogens with zero attached hydrogens (tertiary/aromatic N) is 1. The number of rotatable bonds is 3. The van der Waals surface area contributed by atoms with Crippen molar-refractivity contribution in [1.29, 1.82) is 0 Å². The SMILES string of the molecule is c1ccc(CN2CC3COC(C4CCCCC4)(C2)O3)cc1. The molecule has 1 aromatic rings. The van der Waals surface area contributed by atoms with Crippen LogP contribution < -0.4 is 0 Å². The summed E-state index contributed by atoms with van der Waals surface area (Å²) in [5.74, 6) is 0.285. The lowest BCUT2D eigenvalue weighted by molar-refractivity contribution is -0.241. The maximum atomic E-state index is 6.33. The second-order valence-electron chi connectivity index (χ2n) is 6.85. The van der Waals surface area contributed by atoms with Gasteiger partial charge in [-0.15, -0.1) is 0 Å². The lowest BCUT2D eigenvalue weighted by Crippen LogP contribution is -2.55. The van der Waals surface area contributed by atoms with Crippen molar-refractivity contribution >= 4 is 0 Å². The van der Waals surface area contributed by atoms with Crippen LogP contribution in [0.3, 0.4) is 0 Å². The summed E-state index contributed by atoms with van der Waals surface area (Å²) in [6, 6.07) is 10.8. The number of ether oxygens (including phenoxy) is 2. The van der Waals surface area contributed by atoms with Gasteiger partial charge in [0, 0.05) is 19.0 Å². The molecule has 2 heterocycles. The molecule has 0 spiro atoms. The van der Waals surface area contributed by atoms with Gasteiger partial charge in [0.05, 0.1) is 19.3 Å². The molecule has 2 saturated heterocycles. The minimum absolute atomic E-state index is 0.268. The van der Waals surface area contributed by atoms with Gasteiger partial charge in [0.25, 0.3) is 0 Å². The number of benzene rings is 1. The molecule has 21 heavy (non-hydrogen) atoms. The maximum Gasteiger partial charge on any atom is 0.184 e. The fraction of sp³-hybridized carbons (Fsp3) is 0.667. The Kier molecular flexibility index (Phi) is 3.74. The first-order chi connectivity index (χ1) is 10.3. The molecule has 2 atom stereocenters. The predicted molar refractivity (Wildman–Crippen MR) is 81.9 cm³/mol. The van der Waals surface area contributed by atoms with Crippen molar-refractivity contribution in [2.75, 3.05) is 19.7 Å². The number of fused-ring (bicyclic) bond motifs is 2. The quantitative estimate of drug-likeness (QED) is 0.852. The van der Waals surface area contributed by atoms with Crippen LogP contribution >= 0.6 is 0 Å². The zero-order valence-electron chi connectivity index (χ0n) is 12.7. The highest BCUT2D eigenvalue weighted by molar-refractivity contribution is 5.15. The van der Waals surface area contributed by atoms with Crippen LogP contribution in [0.1, 0.15) is 37.7 Å². The fourth-order valence-corrected chi connectivity index (χ4v) is 4.27. The van der Waals surface area contributed by atoms with Gasteiger partial charge in [0.1, 0.15) is 0 Å². The molecule has 0 N–H and O–H groups in total.